The Balaban J connectivity index is 0.000000220. The maximum Gasteiger partial charge on any atom is 0.136 e. The molecule has 0 atom stereocenters. The van der Waals surface area contributed by atoms with Crippen molar-refractivity contribution in [3.63, 3.8) is 0 Å². The monoisotopic (exact) mass is 432 g/mol. The third kappa shape index (κ3) is 5.42. The molecule has 0 amide bonds. The minimum atomic E-state index is 0.782. The molecule has 2 aromatic carbocycles. The molecule has 0 N–H and O–H groups in total. The minimum absolute atomic E-state index is 0.782. The van der Waals surface area contributed by atoms with Gasteiger partial charge in [0.1, 0.15) is 23.0 Å². The van der Waals surface area contributed by atoms with E-state index in [1.54, 1.807) is 28.4 Å². The van der Waals surface area contributed by atoms with Gasteiger partial charge in [0.2, 0.25) is 0 Å². The van der Waals surface area contributed by atoms with E-state index in [0.29, 0.717) is 0 Å². The molecule has 0 aliphatic heterocycles. The van der Waals surface area contributed by atoms with Crippen LogP contribution in [0.1, 0.15) is 0 Å². The second kappa shape index (κ2) is 9.58. The van der Waals surface area contributed by atoms with Crippen molar-refractivity contribution in [3.05, 3.63) is 45.3 Å². The maximum absolute atomic E-state index is 5.06. The molecule has 6 heteroatoms. The Kier molecular flexibility index (Phi) is 8.12. The summed E-state index contributed by atoms with van der Waals surface area (Å²) in [4.78, 5) is 0. The Morgan fingerprint density at radius 1 is 0.591 bits per heavy atom. The van der Waals surface area contributed by atoms with Crippen LogP contribution in [0.2, 0.25) is 0 Å². The van der Waals surface area contributed by atoms with Crippen LogP contribution in [0.5, 0.6) is 23.0 Å². The summed E-state index contributed by atoms with van der Waals surface area (Å²) in [5.74, 6) is 3.21. The molecule has 2 rings (SSSR count). The Hall–Kier alpha value is -1.40. The Bertz CT molecular complexity index is 603. The van der Waals surface area contributed by atoms with Crippen molar-refractivity contribution in [2.24, 2.45) is 0 Å². The first-order chi connectivity index (χ1) is 10.5. The van der Waals surface area contributed by atoms with E-state index in [1.807, 2.05) is 36.4 Å². The normalized spacial score (nSPS) is 9.36. The van der Waals surface area contributed by atoms with E-state index in [1.165, 1.54) is 0 Å². The molecule has 0 bridgehead atoms. The van der Waals surface area contributed by atoms with Gasteiger partial charge in [-0.25, -0.2) is 0 Å². The van der Waals surface area contributed by atoms with Crippen molar-refractivity contribution in [1.82, 2.24) is 0 Å². The first kappa shape index (κ1) is 18.6. The molecule has 0 aromatic heterocycles. The Morgan fingerprint density at radius 2 is 1.14 bits per heavy atom. The molecule has 0 aliphatic carbocycles. The second-order valence-electron chi connectivity index (χ2n) is 4.00. The second-order valence-corrected chi connectivity index (χ2v) is 5.71. The first-order valence-electron chi connectivity index (χ1n) is 6.30. The summed E-state index contributed by atoms with van der Waals surface area (Å²) in [6, 6.07) is 11.1. The van der Waals surface area contributed by atoms with E-state index < -0.39 is 0 Å². The van der Waals surface area contributed by atoms with Crippen molar-refractivity contribution in [3.8, 4) is 23.0 Å². The summed E-state index contributed by atoms with van der Waals surface area (Å²) in [6.45, 7) is 0. The van der Waals surface area contributed by atoms with Gasteiger partial charge in [0, 0.05) is 6.07 Å². The van der Waals surface area contributed by atoms with E-state index in [2.05, 4.69) is 31.9 Å². The van der Waals surface area contributed by atoms with Gasteiger partial charge in [-0.15, -0.1) is 0 Å². The van der Waals surface area contributed by atoms with E-state index >= 15 is 0 Å². The van der Waals surface area contributed by atoms with Gasteiger partial charge < -0.3 is 18.9 Å². The van der Waals surface area contributed by atoms with Gasteiger partial charge in [-0.3, -0.25) is 0 Å². The molecule has 0 radical (unpaired) electrons. The number of methoxy groups -OCH3 is 4. The minimum Gasteiger partial charge on any atom is -0.497 e. The number of hydrogen-bond acceptors (Lipinski definition) is 4. The fraction of sp³-hybridized carbons (Fsp3) is 0.250. The van der Waals surface area contributed by atoms with Gasteiger partial charge >= 0.3 is 0 Å². The fourth-order valence-electron chi connectivity index (χ4n) is 1.54. The highest BCUT2D eigenvalue weighted by Crippen LogP contribution is 2.29. The van der Waals surface area contributed by atoms with Gasteiger partial charge in [-0.1, -0.05) is 0 Å². The fourth-order valence-corrected chi connectivity index (χ4v) is 2.47. The average molecular weight is 434 g/mol. The van der Waals surface area contributed by atoms with Gasteiger partial charge in [0.25, 0.3) is 0 Å². The standard InChI is InChI=1S/2C8H9BrO2/c1-10-6-3-4-8(11-2)7(9)5-6;1-10-6-3-4-7(9)8(5-6)11-2/h2*3-5H,1-2H3. The van der Waals surface area contributed by atoms with E-state index in [4.69, 9.17) is 18.9 Å². The number of ether oxygens (including phenoxy) is 4. The summed E-state index contributed by atoms with van der Waals surface area (Å²) in [6.07, 6.45) is 0. The Labute approximate surface area is 147 Å². The smallest absolute Gasteiger partial charge is 0.136 e. The van der Waals surface area contributed by atoms with E-state index in [-0.39, 0.29) is 0 Å². The molecule has 0 saturated carbocycles. The van der Waals surface area contributed by atoms with Crippen LogP contribution < -0.4 is 18.9 Å². The number of rotatable bonds is 4. The lowest BCUT2D eigenvalue weighted by atomic mass is 10.3. The molecule has 0 fully saturated rings. The zero-order valence-electron chi connectivity index (χ0n) is 12.9. The van der Waals surface area contributed by atoms with Crippen molar-refractivity contribution < 1.29 is 18.9 Å². The predicted molar refractivity (Wildman–Crippen MR) is 94.5 cm³/mol. The molecule has 22 heavy (non-hydrogen) atoms. The molecule has 0 spiro atoms. The lowest BCUT2D eigenvalue weighted by Crippen LogP contribution is -1.86. The third-order valence-corrected chi connectivity index (χ3v) is 3.99. The quantitative estimate of drug-likeness (QED) is 0.684. The van der Waals surface area contributed by atoms with Crippen molar-refractivity contribution in [2.75, 3.05) is 28.4 Å². The molecular weight excluding hydrogens is 416 g/mol. The topological polar surface area (TPSA) is 36.9 Å². The molecule has 120 valence electrons. The summed E-state index contributed by atoms with van der Waals surface area (Å²) >= 11 is 6.68. The molecule has 0 heterocycles. The van der Waals surface area contributed by atoms with Crippen LogP contribution in [-0.2, 0) is 0 Å². The number of hydrogen-bond donors (Lipinski definition) is 0. The molecular formula is C16H18Br2O4. The highest BCUT2D eigenvalue weighted by Gasteiger charge is 2.00. The molecule has 0 saturated heterocycles. The zero-order chi connectivity index (χ0) is 16.5. The Morgan fingerprint density at radius 3 is 1.64 bits per heavy atom. The highest BCUT2D eigenvalue weighted by atomic mass is 79.9. The lowest BCUT2D eigenvalue weighted by molar-refractivity contribution is 0.392. The molecule has 0 aliphatic rings. The predicted octanol–water partition coefficient (Wildman–Crippen LogP) is 4.93. The van der Waals surface area contributed by atoms with Crippen LogP contribution in [0, 0.1) is 0 Å². The van der Waals surface area contributed by atoms with E-state index in [9.17, 15) is 0 Å². The number of benzene rings is 2. The summed E-state index contributed by atoms with van der Waals surface area (Å²) in [7, 11) is 6.52. The van der Waals surface area contributed by atoms with Crippen LogP contribution in [0.25, 0.3) is 0 Å². The van der Waals surface area contributed by atoms with Gasteiger partial charge in [0.05, 0.1) is 37.4 Å². The summed E-state index contributed by atoms with van der Waals surface area (Å²) in [5, 5.41) is 0. The molecule has 2 aromatic rings. The van der Waals surface area contributed by atoms with E-state index in [0.717, 1.165) is 31.9 Å². The highest BCUT2D eigenvalue weighted by molar-refractivity contribution is 9.10. The van der Waals surface area contributed by atoms with Gasteiger partial charge in [-0.2, -0.15) is 0 Å². The van der Waals surface area contributed by atoms with Crippen LogP contribution in [0.4, 0.5) is 0 Å². The number of halogens is 2. The van der Waals surface area contributed by atoms with Crippen LogP contribution in [0.3, 0.4) is 0 Å². The SMILES string of the molecule is COc1ccc(Br)c(OC)c1.COc1ccc(OC)c(Br)c1. The average Bonchev–Trinajstić information content (AvgIpc) is 2.55. The van der Waals surface area contributed by atoms with Gasteiger partial charge in [-0.05, 0) is 62.2 Å². The molecule has 4 nitrogen and oxygen atoms in total. The summed E-state index contributed by atoms with van der Waals surface area (Å²) < 4.78 is 22.0. The van der Waals surface area contributed by atoms with Crippen molar-refractivity contribution >= 4 is 31.9 Å². The van der Waals surface area contributed by atoms with Crippen LogP contribution in [0.15, 0.2) is 45.3 Å². The first-order valence-corrected chi connectivity index (χ1v) is 7.89. The third-order valence-electron chi connectivity index (χ3n) is 2.72. The van der Waals surface area contributed by atoms with Crippen LogP contribution >= 0.6 is 31.9 Å². The maximum atomic E-state index is 5.06. The van der Waals surface area contributed by atoms with Crippen molar-refractivity contribution in [1.29, 1.82) is 0 Å². The lowest BCUT2D eigenvalue weighted by Gasteiger charge is -2.04. The zero-order valence-corrected chi connectivity index (χ0v) is 16.0. The summed E-state index contributed by atoms with van der Waals surface area (Å²) in [5.41, 5.74) is 0. The van der Waals surface area contributed by atoms with Crippen molar-refractivity contribution in [2.45, 2.75) is 0 Å². The largest absolute Gasteiger partial charge is 0.497 e. The van der Waals surface area contributed by atoms with Gasteiger partial charge in [0.15, 0.2) is 0 Å². The van der Waals surface area contributed by atoms with Crippen LogP contribution in [-0.4, -0.2) is 28.4 Å². The molecule has 0 unspecified atom stereocenters.